The number of benzene rings is 1. The molecule has 0 aliphatic heterocycles. The number of amides is 1. The molecule has 1 amide bonds. The number of carbonyl (C=O) groups excluding carboxylic acids is 1. The molecule has 1 atom stereocenters. The highest BCUT2D eigenvalue weighted by Crippen LogP contribution is 2.11. The van der Waals surface area contributed by atoms with Crippen molar-refractivity contribution >= 4 is 5.91 Å². The molecular formula is C12H15F2NO3. The van der Waals surface area contributed by atoms with Crippen LogP contribution >= 0.6 is 0 Å². The molecule has 0 fully saturated rings. The van der Waals surface area contributed by atoms with Crippen LogP contribution < -0.4 is 0 Å². The minimum atomic E-state index is -1.11. The zero-order valence-electron chi connectivity index (χ0n) is 9.94. The van der Waals surface area contributed by atoms with E-state index in [-0.39, 0.29) is 25.3 Å². The lowest BCUT2D eigenvalue weighted by Crippen LogP contribution is -2.38. The largest absolute Gasteiger partial charge is 0.395 e. The molecule has 0 saturated carbocycles. The quantitative estimate of drug-likeness (QED) is 0.821. The second-order valence-corrected chi connectivity index (χ2v) is 3.95. The molecule has 0 saturated heterocycles. The Morgan fingerprint density at radius 2 is 2.06 bits per heavy atom. The van der Waals surface area contributed by atoms with Crippen molar-refractivity contribution in [3.8, 4) is 0 Å². The number of nitrogens with zero attached hydrogens (tertiary/aromatic N) is 1. The van der Waals surface area contributed by atoms with E-state index in [1.54, 1.807) is 0 Å². The highest BCUT2D eigenvalue weighted by Gasteiger charge is 2.18. The third-order valence-electron chi connectivity index (χ3n) is 2.31. The summed E-state index contributed by atoms with van der Waals surface area (Å²) < 4.78 is 25.7. The van der Waals surface area contributed by atoms with E-state index in [9.17, 15) is 18.7 Å². The number of aliphatic hydroxyl groups is 2. The van der Waals surface area contributed by atoms with Gasteiger partial charge in [0.2, 0.25) is 0 Å². The van der Waals surface area contributed by atoms with Crippen LogP contribution in [0.4, 0.5) is 8.78 Å². The van der Waals surface area contributed by atoms with E-state index in [0.29, 0.717) is 0 Å². The highest BCUT2D eigenvalue weighted by molar-refractivity contribution is 5.94. The molecule has 1 aromatic rings. The van der Waals surface area contributed by atoms with Crippen molar-refractivity contribution in [2.24, 2.45) is 0 Å². The van der Waals surface area contributed by atoms with Crippen LogP contribution in [-0.4, -0.2) is 46.8 Å². The summed E-state index contributed by atoms with van der Waals surface area (Å²) >= 11 is 0. The van der Waals surface area contributed by atoms with Gasteiger partial charge >= 0.3 is 0 Å². The van der Waals surface area contributed by atoms with E-state index in [1.807, 2.05) is 0 Å². The molecule has 1 aromatic carbocycles. The molecule has 0 aliphatic carbocycles. The van der Waals surface area contributed by atoms with Crippen molar-refractivity contribution in [3.05, 3.63) is 35.4 Å². The van der Waals surface area contributed by atoms with Crippen molar-refractivity contribution in [1.82, 2.24) is 4.90 Å². The average Bonchev–Trinajstić information content (AvgIpc) is 2.31. The lowest BCUT2D eigenvalue weighted by Gasteiger charge is -2.23. The first-order valence-electron chi connectivity index (χ1n) is 5.49. The Kier molecular flexibility index (Phi) is 5.18. The number of aliphatic hydroxyl groups excluding tert-OH is 2. The second-order valence-electron chi connectivity index (χ2n) is 3.95. The molecule has 0 aliphatic rings. The first-order valence-corrected chi connectivity index (χ1v) is 5.49. The number of halogens is 2. The molecule has 2 N–H and O–H groups in total. The molecule has 1 unspecified atom stereocenters. The molecule has 0 radical (unpaired) electrons. The number of hydrogen-bond donors (Lipinski definition) is 2. The van der Waals surface area contributed by atoms with Crippen LogP contribution in [0, 0.1) is 11.6 Å². The van der Waals surface area contributed by atoms with E-state index in [4.69, 9.17) is 5.11 Å². The van der Waals surface area contributed by atoms with Crippen LogP contribution in [0.5, 0.6) is 0 Å². The van der Waals surface area contributed by atoms with E-state index in [2.05, 4.69) is 0 Å². The molecule has 1 rings (SSSR count). The van der Waals surface area contributed by atoms with Gasteiger partial charge in [0.1, 0.15) is 0 Å². The Balaban J connectivity index is 2.90. The molecular weight excluding hydrogens is 244 g/mol. The predicted molar refractivity (Wildman–Crippen MR) is 61.0 cm³/mol. The van der Waals surface area contributed by atoms with Gasteiger partial charge in [-0.25, -0.2) is 8.78 Å². The number of rotatable bonds is 5. The Morgan fingerprint density at radius 1 is 1.39 bits per heavy atom. The zero-order valence-corrected chi connectivity index (χ0v) is 9.94. The van der Waals surface area contributed by atoms with Crippen LogP contribution in [0.1, 0.15) is 17.3 Å². The van der Waals surface area contributed by atoms with Gasteiger partial charge in [-0.3, -0.25) is 4.79 Å². The maximum Gasteiger partial charge on any atom is 0.254 e. The normalized spacial score (nSPS) is 12.3. The van der Waals surface area contributed by atoms with Gasteiger partial charge in [0, 0.05) is 18.7 Å². The summed E-state index contributed by atoms with van der Waals surface area (Å²) in [5, 5.41) is 18.1. The van der Waals surface area contributed by atoms with Gasteiger partial charge in [0.15, 0.2) is 11.6 Å². The molecule has 100 valence electrons. The maximum atomic E-state index is 13.0. The fraction of sp³-hybridized carbons (Fsp3) is 0.417. The van der Waals surface area contributed by atoms with Gasteiger partial charge in [0.25, 0.3) is 5.91 Å². The summed E-state index contributed by atoms with van der Waals surface area (Å²) in [6.07, 6.45) is -0.772. The van der Waals surface area contributed by atoms with E-state index in [1.165, 1.54) is 11.8 Å². The van der Waals surface area contributed by atoms with Crippen molar-refractivity contribution in [3.63, 3.8) is 0 Å². The standard InChI is InChI=1S/C12H15F2NO3/c1-8(17)7-15(4-5-16)12(18)9-2-3-10(13)11(14)6-9/h2-3,6,8,16-17H,4-5,7H2,1H3. The van der Waals surface area contributed by atoms with Gasteiger partial charge in [-0.15, -0.1) is 0 Å². The van der Waals surface area contributed by atoms with Gasteiger partial charge in [0.05, 0.1) is 12.7 Å². The first kappa shape index (κ1) is 14.5. The van der Waals surface area contributed by atoms with E-state index >= 15 is 0 Å². The SMILES string of the molecule is CC(O)CN(CCO)C(=O)c1ccc(F)c(F)c1. The Bertz CT molecular complexity index is 424. The summed E-state index contributed by atoms with van der Waals surface area (Å²) in [4.78, 5) is 13.1. The summed E-state index contributed by atoms with van der Waals surface area (Å²) in [6, 6.07) is 2.82. The lowest BCUT2D eigenvalue weighted by atomic mass is 10.1. The van der Waals surface area contributed by atoms with Crippen molar-refractivity contribution in [2.45, 2.75) is 13.0 Å². The summed E-state index contributed by atoms with van der Waals surface area (Å²) in [5.41, 5.74) is -0.0250. The average molecular weight is 259 g/mol. The predicted octanol–water partition coefficient (Wildman–Crippen LogP) is 0.780. The Morgan fingerprint density at radius 3 is 2.56 bits per heavy atom. The third kappa shape index (κ3) is 3.75. The Hall–Kier alpha value is -1.53. The first-order chi connectivity index (χ1) is 8.45. The Labute approximate surface area is 103 Å². The van der Waals surface area contributed by atoms with Crippen LogP contribution in [0.25, 0.3) is 0 Å². The van der Waals surface area contributed by atoms with Gasteiger partial charge < -0.3 is 15.1 Å². The van der Waals surface area contributed by atoms with Crippen molar-refractivity contribution < 1.29 is 23.8 Å². The summed E-state index contributed by atoms with van der Waals surface area (Å²) in [5.74, 6) is -2.71. The lowest BCUT2D eigenvalue weighted by molar-refractivity contribution is 0.0604. The smallest absolute Gasteiger partial charge is 0.254 e. The number of carbonyl (C=O) groups is 1. The maximum absolute atomic E-state index is 13.0. The fourth-order valence-electron chi connectivity index (χ4n) is 1.53. The van der Waals surface area contributed by atoms with Crippen LogP contribution in [0.3, 0.4) is 0 Å². The van der Waals surface area contributed by atoms with E-state index < -0.39 is 23.6 Å². The van der Waals surface area contributed by atoms with Gasteiger partial charge in [-0.2, -0.15) is 0 Å². The zero-order chi connectivity index (χ0) is 13.7. The second kappa shape index (κ2) is 6.42. The van der Waals surface area contributed by atoms with Crippen LogP contribution in [0.15, 0.2) is 18.2 Å². The van der Waals surface area contributed by atoms with Gasteiger partial charge in [-0.1, -0.05) is 0 Å². The molecule has 0 bridgehead atoms. The molecule has 6 heteroatoms. The molecule has 0 aromatic heterocycles. The van der Waals surface area contributed by atoms with Crippen molar-refractivity contribution in [2.75, 3.05) is 19.7 Å². The highest BCUT2D eigenvalue weighted by atomic mass is 19.2. The fourth-order valence-corrected chi connectivity index (χ4v) is 1.53. The van der Waals surface area contributed by atoms with E-state index in [0.717, 1.165) is 18.2 Å². The monoisotopic (exact) mass is 259 g/mol. The molecule has 0 spiro atoms. The molecule has 0 heterocycles. The minimum absolute atomic E-state index is 0.0123. The summed E-state index contributed by atoms with van der Waals surface area (Å²) in [6.45, 7) is 1.24. The van der Waals surface area contributed by atoms with Crippen LogP contribution in [0.2, 0.25) is 0 Å². The third-order valence-corrected chi connectivity index (χ3v) is 2.31. The molecule has 18 heavy (non-hydrogen) atoms. The minimum Gasteiger partial charge on any atom is -0.395 e. The van der Waals surface area contributed by atoms with Crippen molar-refractivity contribution in [1.29, 1.82) is 0 Å². The number of hydrogen-bond acceptors (Lipinski definition) is 3. The molecule has 4 nitrogen and oxygen atoms in total. The topological polar surface area (TPSA) is 60.8 Å². The van der Waals surface area contributed by atoms with Crippen LogP contribution in [-0.2, 0) is 0 Å². The van der Waals surface area contributed by atoms with Gasteiger partial charge in [-0.05, 0) is 25.1 Å². The summed E-state index contributed by atoms with van der Waals surface area (Å²) in [7, 11) is 0.